The Labute approximate surface area is 109 Å². The van der Waals surface area contributed by atoms with Crippen LogP contribution >= 0.6 is 27.7 Å². The van der Waals surface area contributed by atoms with Crippen molar-refractivity contribution in [1.82, 2.24) is 5.32 Å². The zero-order chi connectivity index (χ0) is 11.5. The Hall–Kier alpha value is -0.190. The average Bonchev–Trinajstić information content (AvgIpc) is 2.52. The fraction of sp³-hybridized carbons (Fsp3) is 0.500. The van der Waals surface area contributed by atoms with Gasteiger partial charge in [-0.25, -0.2) is 0 Å². The van der Waals surface area contributed by atoms with Crippen molar-refractivity contribution in [2.24, 2.45) is 0 Å². The first-order valence-electron chi connectivity index (χ1n) is 5.38. The van der Waals surface area contributed by atoms with Gasteiger partial charge in [0, 0.05) is 21.8 Å². The molecule has 0 radical (unpaired) electrons. The average molecular weight is 302 g/mol. The molecule has 4 heteroatoms. The van der Waals surface area contributed by atoms with Crippen LogP contribution in [0.4, 0.5) is 0 Å². The second-order valence-corrected chi connectivity index (χ2v) is 5.78. The smallest absolute Gasteiger partial charge is 0.123 e. The number of ether oxygens (including phenoxy) is 1. The van der Waals surface area contributed by atoms with Crippen LogP contribution in [0.5, 0.6) is 5.75 Å². The van der Waals surface area contributed by atoms with E-state index in [0.29, 0.717) is 6.04 Å². The first-order chi connectivity index (χ1) is 7.77. The van der Waals surface area contributed by atoms with Gasteiger partial charge in [-0.15, -0.1) is 0 Å². The van der Waals surface area contributed by atoms with E-state index in [-0.39, 0.29) is 0 Å². The summed E-state index contributed by atoms with van der Waals surface area (Å²) in [5.74, 6) is 3.24. The van der Waals surface area contributed by atoms with Gasteiger partial charge < -0.3 is 10.1 Å². The summed E-state index contributed by atoms with van der Waals surface area (Å²) in [5.41, 5.74) is 2.70. The molecule has 1 unspecified atom stereocenters. The first kappa shape index (κ1) is 12.3. The summed E-state index contributed by atoms with van der Waals surface area (Å²) < 4.78 is 6.64. The molecule has 0 bridgehead atoms. The molecule has 1 heterocycles. The Kier molecular flexibility index (Phi) is 4.16. The van der Waals surface area contributed by atoms with Crippen molar-refractivity contribution in [2.45, 2.75) is 18.2 Å². The molecule has 88 valence electrons. The van der Waals surface area contributed by atoms with E-state index >= 15 is 0 Å². The van der Waals surface area contributed by atoms with Gasteiger partial charge in [-0.1, -0.05) is 15.9 Å². The molecule has 1 aliphatic rings. The van der Waals surface area contributed by atoms with Crippen molar-refractivity contribution in [1.29, 1.82) is 0 Å². The van der Waals surface area contributed by atoms with Gasteiger partial charge in [0.1, 0.15) is 5.75 Å². The maximum absolute atomic E-state index is 5.45. The summed E-state index contributed by atoms with van der Waals surface area (Å²) in [7, 11) is 3.77. The van der Waals surface area contributed by atoms with E-state index in [0.717, 1.165) is 11.5 Å². The van der Waals surface area contributed by atoms with Gasteiger partial charge in [0.2, 0.25) is 0 Å². The zero-order valence-electron chi connectivity index (χ0n) is 9.55. The Morgan fingerprint density at radius 1 is 1.50 bits per heavy atom. The van der Waals surface area contributed by atoms with Gasteiger partial charge in [0.05, 0.1) is 7.11 Å². The summed E-state index contributed by atoms with van der Waals surface area (Å²) in [6.45, 7) is 0. The molecular weight excluding hydrogens is 286 g/mol. The standard InChI is InChI=1S/C12H16BrNOS/c1-14-10-5-6-16-7-8-11(15-2)4-3-9(13)12(8)10/h3-4,10,14H,5-7H2,1-2H3. The highest BCUT2D eigenvalue weighted by Crippen LogP contribution is 2.39. The highest BCUT2D eigenvalue weighted by molar-refractivity contribution is 9.10. The molecule has 0 aromatic heterocycles. The largest absolute Gasteiger partial charge is 0.496 e. The second kappa shape index (κ2) is 5.43. The summed E-state index contributed by atoms with van der Waals surface area (Å²) in [5, 5.41) is 3.39. The number of nitrogens with one attached hydrogen (secondary N) is 1. The lowest BCUT2D eigenvalue weighted by atomic mass is 9.99. The van der Waals surface area contributed by atoms with Gasteiger partial charge in [-0.05, 0) is 36.9 Å². The molecule has 16 heavy (non-hydrogen) atoms. The Morgan fingerprint density at radius 2 is 2.31 bits per heavy atom. The van der Waals surface area contributed by atoms with E-state index < -0.39 is 0 Å². The number of hydrogen-bond donors (Lipinski definition) is 1. The molecule has 0 fully saturated rings. The van der Waals surface area contributed by atoms with E-state index in [1.54, 1.807) is 7.11 Å². The molecule has 1 aliphatic heterocycles. The molecule has 1 atom stereocenters. The Balaban J connectivity index is 2.54. The fourth-order valence-corrected chi connectivity index (χ4v) is 3.84. The third kappa shape index (κ3) is 2.24. The minimum atomic E-state index is 0.425. The quantitative estimate of drug-likeness (QED) is 0.905. The molecule has 0 amide bonds. The van der Waals surface area contributed by atoms with E-state index in [1.807, 2.05) is 24.9 Å². The van der Waals surface area contributed by atoms with Gasteiger partial charge in [0.15, 0.2) is 0 Å². The normalized spacial score (nSPS) is 20.1. The van der Waals surface area contributed by atoms with E-state index in [1.165, 1.54) is 27.8 Å². The number of rotatable bonds is 2. The number of halogens is 1. The van der Waals surface area contributed by atoms with Crippen LogP contribution in [0.2, 0.25) is 0 Å². The molecule has 2 nitrogen and oxygen atoms in total. The summed E-state index contributed by atoms with van der Waals surface area (Å²) >= 11 is 5.63. The summed E-state index contributed by atoms with van der Waals surface area (Å²) in [6.07, 6.45) is 1.17. The van der Waals surface area contributed by atoms with Crippen LogP contribution in [0.3, 0.4) is 0 Å². The van der Waals surface area contributed by atoms with Crippen molar-refractivity contribution in [2.75, 3.05) is 19.9 Å². The number of benzene rings is 1. The minimum Gasteiger partial charge on any atom is -0.496 e. The maximum atomic E-state index is 5.45. The monoisotopic (exact) mass is 301 g/mol. The summed E-state index contributed by atoms with van der Waals surface area (Å²) in [6, 6.07) is 4.55. The molecule has 0 spiro atoms. The summed E-state index contributed by atoms with van der Waals surface area (Å²) in [4.78, 5) is 0. The number of thioether (sulfide) groups is 1. The highest BCUT2D eigenvalue weighted by atomic mass is 79.9. The van der Waals surface area contributed by atoms with Gasteiger partial charge >= 0.3 is 0 Å². The van der Waals surface area contributed by atoms with Crippen molar-refractivity contribution >= 4 is 27.7 Å². The van der Waals surface area contributed by atoms with E-state index in [9.17, 15) is 0 Å². The minimum absolute atomic E-state index is 0.425. The lowest BCUT2D eigenvalue weighted by molar-refractivity contribution is 0.409. The number of hydrogen-bond acceptors (Lipinski definition) is 3. The van der Waals surface area contributed by atoms with E-state index in [2.05, 4.69) is 27.3 Å². The number of fused-ring (bicyclic) bond motifs is 1. The molecule has 1 aromatic carbocycles. The van der Waals surface area contributed by atoms with Crippen LogP contribution in [-0.4, -0.2) is 19.9 Å². The topological polar surface area (TPSA) is 21.3 Å². The van der Waals surface area contributed by atoms with Crippen molar-refractivity contribution in [3.63, 3.8) is 0 Å². The molecular formula is C12H16BrNOS. The Bertz CT molecular complexity index is 384. The molecule has 1 N–H and O–H groups in total. The predicted octanol–water partition coefficient (Wildman–Crippen LogP) is 3.36. The van der Waals surface area contributed by atoms with Crippen LogP contribution in [0.25, 0.3) is 0 Å². The highest BCUT2D eigenvalue weighted by Gasteiger charge is 2.22. The van der Waals surface area contributed by atoms with Crippen molar-refractivity contribution in [3.05, 3.63) is 27.7 Å². The van der Waals surface area contributed by atoms with E-state index in [4.69, 9.17) is 4.74 Å². The SMILES string of the molecule is CNC1CCSCc2c(OC)ccc(Br)c21. The van der Waals surface area contributed by atoms with Crippen LogP contribution in [0.1, 0.15) is 23.6 Å². The third-order valence-electron chi connectivity index (χ3n) is 2.97. The fourth-order valence-electron chi connectivity index (χ4n) is 2.14. The Morgan fingerprint density at radius 3 is 3.00 bits per heavy atom. The molecule has 0 saturated heterocycles. The maximum Gasteiger partial charge on any atom is 0.123 e. The van der Waals surface area contributed by atoms with Crippen LogP contribution in [0.15, 0.2) is 16.6 Å². The zero-order valence-corrected chi connectivity index (χ0v) is 12.0. The number of methoxy groups -OCH3 is 1. The van der Waals surface area contributed by atoms with Gasteiger partial charge in [-0.3, -0.25) is 0 Å². The van der Waals surface area contributed by atoms with Gasteiger partial charge in [0.25, 0.3) is 0 Å². The molecule has 0 saturated carbocycles. The lowest BCUT2D eigenvalue weighted by Gasteiger charge is -2.20. The first-order valence-corrected chi connectivity index (χ1v) is 7.33. The third-order valence-corrected chi connectivity index (χ3v) is 4.68. The van der Waals surface area contributed by atoms with Crippen LogP contribution < -0.4 is 10.1 Å². The van der Waals surface area contributed by atoms with Gasteiger partial charge in [-0.2, -0.15) is 11.8 Å². The second-order valence-electron chi connectivity index (χ2n) is 3.82. The predicted molar refractivity (Wildman–Crippen MR) is 73.3 cm³/mol. The molecule has 1 aromatic rings. The van der Waals surface area contributed by atoms with Crippen molar-refractivity contribution < 1.29 is 4.74 Å². The lowest BCUT2D eigenvalue weighted by Crippen LogP contribution is -2.18. The van der Waals surface area contributed by atoms with Crippen molar-refractivity contribution in [3.8, 4) is 5.75 Å². The molecule has 0 aliphatic carbocycles. The molecule has 2 rings (SSSR count). The van der Waals surface area contributed by atoms with Crippen LogP contribution in [-0.2, 0) is 5.75 Å². The van der Waals surface area contributed by atoms with Crippen LogP contribution in [0, 0.1) is 0 Å².